The molecule has 5 nitrogen and oxygen atoms in total. The molecule has 1 amide bonds. The maximum atomic E-state index is 12.7. The zero-order chi connectivity index (χ0) is 16.9. The second-order valence-electron chi connectivity index (χ2n) is 4.58. The minimum absolute atomic E-state index is 0. The fraction of sp³-hybridized carbons (Fsp3) is 0.200. The summed E-state index contributed by atoms with van der Waals surface area (Å²) in [6.45, 7) is 0.0477. The van der Waals surface area contributed by atoms with Crippen LogP contribution in [0.25, 0.3) is 0 Å². The van der Waals surface area contributed by atoms with Gasteiger partial charge < -0.3 is 15.7 Å². The molecular weight excluding hydrogens is 347 g/mol. The molecule has 0 spiro atoms. The van der Waals surface area contributed by atoms with Gasteiger partial charge in [0.05, 0.1) is 17.7 Å². The van der Waals surface area contributed by atoms with Gasteiger partial charge in [-0.3, -0.25) is 4.79 Å². The Labute approximate surface area is 142 Å². The van der Waals surface area contributed by atoms with Gasteiger partial charge in [-0.25, -0.2) is 4.98 Å². The van der Waals surface area contributed by atoms with E-state index in [1.807, 2.05) is 0 Å². The molecule has 0 saturated carbocycles. The number of benzene rings is 1. The predicted molar refractivity (Wildman–Crippen MR) is 86.5 cm³/mol. The third-order valence-electron chi connectivity index (χ3n) is 2.90. The van der Waals surface area contributed by atoms with Crippen molar-refractivity contribution in [2.45, 2.75) is 6.18 Å². The Morgan fingerprint density at radius 3 is 2.62 bits per heavy atom. The first-order valence-corrected chi connectivity index (χ1v) is 6.70. The molecule has 0 fully saturated rings. The van der Waals surface area contributed by atoms with Gasteiger partial charge in [-0.05, 0) is 30.3 Å². The van der Waals surface area contributed by atoms with Gasteiger partial charge in [0.25, 0.3) is 5.91 Å². The van der Waals surface area contributed by atoms with Gasteiger partial charge in [0.2, 0.25) is 0 Å². The Balaban J connectivity index is 0.00000288. The maximum Gasteiger partial charge on any atom is 0.416 e. The molecule has 0 bridgehead atoms. The first-order valence-electron chi connectivity index (χ1n) is 6.70. The van der Waals surface area contributed by atoms with Crippen molar-refractivity contribution < 1.29 is 23.1 Å². The summed E-state index contributed by atoms with van der Waals surface area (Å²) >= 11 is 0. The van der Waals surface area contributed by atoms with Crippen LogP contribution in [-0.2, 0) is 6.18 Å². The highest BCUT2D eigenvalue weighted by Gasteiger charge is 2.30. The molecule has 0 atom stereocenters. The molecule has 0 aliphatic carbocycles. The molecule has 0 saturated heterocycles. The Kier molecular flexibility index (Phi) is 6.99. The average molecular weight is 362 g/mol. The molecule has 0 unspecified atom stereocenters. The van der Waals surface area contributed by atoms with E-state index in [0.29, 0.717) is 0 Å². The first-order chi connectivity index (χ1) is 10.9. The van der Waals surface area contributed by atoms with E-state index in [2.05, 4.69) is 15.6 Å². The van der Waals surface area contributed by atoms with Crippen LogP contribution < -0.4 is 10.6 Å². The highest BCUT2D eigenvalue weighted by molar-refractivity contribution is 6.07. The lowest BCUT2D eigenvalue weighted by molar-refractivity contribution is -0.137. The number of hydrogen-bond donors (Lipinski definition) is 3. The van der Waals surface area contributed by atoms with Gasteiger partial charge in [-0.1, -0.05) is 6.07 Å². The van der Waals surface area contributed by atoms with Gasteiger partial charge >= 0.3 is 6.18 Å². The third-order valence-corrected chi connectivity index (χ3v) is 2.90. The molecule has 0 radical (unpaired) electrons. The summed E-state index contributed by atoms with van der Waals surface area (Å²) in [5.74, 6) is -0.358. The fourth-order valence-corrected chi connectivity index (χ4v) is 1.88. The van der Waals surface area contributed by atoms with Crippen LogP contribution in [0.3, 0.4) is 0 Å². The number of hydrogen-bond acceptors (Lipinski definition) is 4. The maximum absolute atomic E-state index is 12.7. The van der Waals surface area contributed by atoms with Crippen LogP contribution in [0.1, 0.15) is 15.9 Å². The lowest BCUT2D eigenvalue weighted by atomic mass is 10.2. The van der Waals surface area contributed by atoms with Crippen LogP contribution in [0.15, 0.2) is 42.6 Å². The number of aliphatic hydroxyl groups excluding tert-OH is 1. The smallest absolute Gasteiger partial charge is 0.395 e. The summed E-state index contributed by atoms with van der Waals surface area (Å²) in [7, 11) is 0. The van der Waals surface area contributed by atoms with Gasteiger partial charge in [0.1, 0.15) is 5.82 Å². The monoisotopic (exact) mass is 361 g/mol. The third kappa shape index (κ3) is 5.10. The summed E-state index contributed by atoms with van der Waals surface area (Å²) in [5.41, 5.74) is -0.653. The highest BCUT2D eigenvalue weighted by Crippen LogP contribution is 2.30. The van der Waals surface area contributed by atoms with Crippen molar-refractivity contribution >= 4 is 29.8 Å². The number of carbonyl (C=O) groups excluding carboxylic acids is 1. The fourth-order valence-electron chi connectivity index (χ4n) is 1.88. The number of nitrogens with zero attached hydrogens (tertiary/aromatic N) is 1. The largest absolute Gasteiger partial charge is 0.416 e. The lowest BCUT2D eigenvalue weighted by Gasteiger charge is -2.12. The SMILES string of the molecule is Cl.O=C(Nc1cccc(C(F)(F)F)c1)c1cccnc1NCCO. The number of anilines is 2. The van der Waals surface area contributed by atoms with Gasteiger partial charge in [0.15, 0.2) is 0 Å². The number of amides is 1. The minimum Gasteiger partial charge on any atom is -0.395 e. The van der Waals surface area contributed by atoms with Crippen molar-refractivity contribution in [2.75, 3.05) is 23.8 Å². The van der Waals surface area contributed by atoms with E-state index in [1.54, 1.807) is 0 Å². The minimum atomic E-state index is -4.48. The van der Waals surface area contributed by atoms with Crippen molar-refractivity contribution in [3.63, 3.8) is 0 Å². The number of halogens is 4. The zero-order valence-corrected chi connectivity index (χ0v) is 13.1. The van der Waals surface area contributed by atoms with Crippen molar-refractivity contribution in [1.29, 1.82) is 0 Å². The van der Waals surface area contributed by atoms with E-state index in [-0.39, 0.29) is 42.6 Å². The number of nitrogens with one attached hydrogen (secondary N) is 2. The molecule has 0 aliphatic heterocycles. The molecule has 2 rings (SSSR count). The highest BCUT2D eigenvalue weighted by atomic mass is 35.5. The number of alkyl halides is 3. The quantitative estimate of drug-likeness (QED) is 0.764. The Morgan fingerprint density at radius 2 is 1.96 bits per heavy atom. The molecule has 3 N–H and O–H groups in total. The Morgan fingerprint density at radius 1 is 1.21 bits per heavy atom. The van der Waals surface area contributed by atoms with Crippen LogP contribution in [-0.4, -0.2) is 29.1 Å². The van der Waals surface area contributed by atoms with Crippen LogP contribution in [0, 0.1) is 0 Å². The zero-order valence-electron chi connectivity index (χ0n) is 12.3. The van der Waals surface area contributed by atoms with E-state index in [0.717, 1.165) is 12.1 Å². The van der Waals surface area contributed by atoms with Gasteiger partial charge in [-0.15, -0.1) is 12.4 Å². The summed E-state index contributed by atoms with van der Waals surface area (Å²) in [6.07, 6.45) is -3.02. The molecule has 1 aromatic heterocycles. The van der Waals surface area contributed by atoms with E-state index in [4.69, 9.17) is 5.11 Å². The summed E-state index contributed by atoms with van der Waals surface area (Å²) < 4.78 is 38.0. The van der Waals surface area contributed by atoms with E-state index >= 15 is 0 Å². The second kappa shape index (κ2) is 8.51. The Hall–Kier alpha value is -2.32. The number of rotatable bonds is 5. The predicted octanol–water partition coefficient (Wildman–Crippen LogP) is 3.18. The topological polar surface area (TPSA) is 74.2 Å². The molecular formula is C15H15ClF3N3O2. The number of pyridine rings is 1. The standard InChI is InChI=1S/C15H14F3N3O2.ClH/c16-15(17,18)10-3-1-4-11(9-10)21-14(23)12-5-2-6-19-13(12)20-7-8-22;/h1-6,9,22H,7-8H2,(H,19,20)(H,21,23);1H. The second-order valence-corrected chi connectivity index (χ2v) is 4.58. The van der Waals surface area contributed by atoms with Gasteiger partial charge in [-0.2, -0.15) is 13.2 Å². The lowest BCUT2D eigenvalue weighted by Crippen LogP contribution is -2.17. The van der Waals surface area contributed by atoms with E-state index in [1.165, 1.54) is 30.5 Å². The number of carbonyl (C=O) groups is 1. The number of aliphatic hydroxyl groups is 1. The first kappa shape index (κ1) is 19.7. The molecule has 1 aromatic carbocycles. The molecule has 2 aromatic rings. The van der Waals surface area contributed by atoms with Crippen LogP contribution in [0.2, 0.25) is 0 Å². The Bertz CT molecular complexity index is 696. The summed E-state index contributed by atoms with van der Waals surface area (Å²) in [6, 6.07) is 7.38. The van der Waals surface area contributed by atoms with E-state index < -0.39 is 17.6 Å². The molecule has 130 valence electrons. The van der Waals surface area contributed by atoms with Crippen LogP contribution >= 0.6 is 12.4 Å². The van der Waals surface area contributed by atoms with Crippen molar-refractivity contribution in [3.8, 4) is 0 Å². The molecule has 9 heteroatoms. The van der Waals surface area contributed by atoms with E-state index in [9.17, 15) is 18.0 Å². The summed E-state index contributed by atoms with van der Waals surface area (Å²) in [4.78, 5) is 16.2. The molecule has 1 heterocycles. The van der Waals surface area contributed by atoms with Gasteiger partial charge in [0, 0.05) is 18.4 Å². The summed E-state index contributed by atoms with van der Waals surface area (Å²) in [5, 5.41) is 14.0. The average Bonchev–Trinajstić information content (AvgIpc) is 2.52. The normalized spacial score (nSPS) is 10.7. The van der Waals surface area contributed by atoms with Crippen LogP contribution in [0.4, 0.5) is 24.7 Å². The van der Waals surface area contributed by atoms with Crippen molar-refractivity contribution in [1.82, 2.24) is 4.98 Å². The molecule has 24 heavy (non-hydrogen) atoms. The van der Waals surface area contributed by atoms with Crippen LogP contribution in [0.5, 0.6) is 0 Å². The number of aromatic nitrogens is 1. The van der Waals surface area contributed by atoms with Crippen molar-refractivity contribution in [3.05, 3.63) is 53.7 Å². The molecule has 0 aliphatic rings. The van der Waals surface area contributed by atoms with Crippen molar-refractivity contribution in [2.24, 2.45) is 0 Å².